The first-order valence-electron chi connectivity index (χ1n) is 8.17. The topological polar surface area (TPSA) is 34.9 Å². The predicted octanol–water partition coefficient (Wildman–Crippen LogP) is 6.18. The summed E-state index contributed by atoms with van der Waals surface area (Å²) < 4.78 is 14.8. The zero-order valence-electron chi connectivity index (χ0n) is 13.8. The Labute approximate surface area is 170 Å². The van der Waals surface area contributed by atoms with E-state index < -0.39 is 5.24 Å². The number of carbonyl (C=O) groups excluding carboxylic acids is 1. The van der Waals surface area contributed by atoms with E-state index in [0.29, 0.717) is 28.6 Å². The van der Waals surface area contributed by atoms with Crippen LogP contribution >= 0.6 is 34.8 Å². The van der Waals surface area contributed by atoms with Crippen molar-refractivity contribution in [2.24, 2.45) is 0 Å². The molecule has 1 aliphatic rings. The largest absolute Gasteiger partial charge is 0.274 e. The maximum Gasteiger partial charge on any atom is 0.273 e. The number of hydrogen-bond donors (Lipinski definition) is 0. The molecule has 2 aromatic carbocycles. The summed E-state index contributed by atoms with van der Waals surface area (Å²) >= 11 is 18.1. The van der Waals surface area contributed by atoms with Crippen molar-refractivity contribution in [2.75, 3.05) is 0 Å². The Morgan fingerprint density at radius 1 is 1.11 bits per heavy atom. The van der Waals surface area contributed by atoms with Gasteiger partial charge < -0.3 is 0 Å². The maximum absolute atomic E-state index is 13.2. The summed E-state index contributed by atoms with van der Waals surface area (Å²) in [5.74, 6) is -0.294. The van der Waals surface area contributed by atoms with Gasteiger partial charge in [-0.25, -0.2) is 9.07 Å². The Bertz CT molecular complexity index is 1090. The number of fused-ring (bicyclic) bond motifs is 1. The van der Waals surface area contributed by atoms with Crippen LogP contribution in [-0.2, 0) is 6.42 Å². The van der Waals surface area contributed by atoms with Crippen LogP contribution in [0.4, 0.5) is 4.39 Å². The number of halogens is 4. The maximum atomic E-state index is 13.2. The van der Waals surface area contributed by atoms with Crippen molar-refractivity contribution >= 4 is 51.7 Å². The quantitative estimate of drug-likeness (QED) is 0.473. The van der Waals surface area contributed by atoms with Crippen molar-refractivity contribution in [2.45, 2.75) is 12.8 Å². The molecular formula is C20H12Cl3FN2O. The van der Waals surface area contributed by atoms with Gasteiger partial charge in [0.2, 0.25) is 0 Å². The molecule has 1 aliphatic carbocycles. The first-order valence-corrected chi connectivity index (χ1v) is 9.31. The first kappa shape index (κ1) is 18.2. The summed E-state index contributed by atoms with van der Waals surface area (Å²) in [6.07, 6.45) is 3.31. The normalized spacial score (nSPS) is 14.6. The lowest BCUT2D eigenvalue weighted by molar-refractivity contribution is 0.107. The molecule has 0 N–H and O–H groups in total. The highest BCUT2D eigenvalue weighted by Gasteiger charge is 2.30. The van der Waals surface area contributed by atoms with Gasteiger partial charge in [-0.1, -0.05) is 35.3 Å². The van der Waals surface area contributed by atoms with Crippen LogP contribution in [0.15, 0.2) is 42.5 Å². The standard InChI is InChI=1S/C20H12Cl3FN2O/c21-13-4-8-17(16(22)10-13)26-19-12(9-11-1-5-14(24)6-2-11)3-7-15(19)18(25-26)20(23)27/h1-2,4-6,8-10H,3,7H2/b12-9+. The molecule has 0 aliphatic heterocycles. The monoisotopic (exact) mass is 420 g/mol. The molecule has 136 valence electrons. The second-order valence-corrected chi connectivity index (χ2v) is 7.37. The average Bonchev–Trinajstić information content (AvgIpc) is 3.18. The third kappa shape index (κ3) is 3.41. The van der Waals surface area contributed by atoms with Crippen molar-refractivity contribution < 1.29 is 9.18 Å². The van der Waals surface area contributed by atoms with Crippen LogP contribution in [0.2, 0.25) is 10.0 Å². The number of nitrogens with zero attached hydrogens (tertiary/aromatic N) is 2. The van der Waals surface area contributed by atoms with Crippen LogP contribution in [0.3, 0.4) is 0 Å². The lowest BCUT2D eigenvalue weighted by Crippen LogP contribution is -2.03. The molecule has 27 heavy (non-hydrogen) atoms. The summed E-state index contributed by atoms with van der Waals surface area (Å²) in [5.41, 5.74) is 4.22. The molecular weight excluding hydrogens is 410 g/mol. The van der Waals surface area contributed by atoms with Gasteiger partial charge in [0, 0.05) is 10.6 Å². The van der Waals surface area contributed by atoms with Gasteiger partial charge in [0.25, 0.3) is 5.24 Å². The Balaban J connectivity index is 1.90. The minimum atomic E-state index is -0.613. The van der Waals surface area contributed by atoms with Crippen molar-refractivity contribution in [3.8, 4) is 5.69 Å². The summed E-state index contributed by atoms with van der Waals surface area (Å²) in [4.78, 5) is 11.9. The third-order valence-electron chi connectivity index (χ3n) is 4.47. The van der Waals surface area contributed by atoms with E-state index >= 15 is 0 Å². The number of carbonyl (C=O) groups is 1. The highest BCUT2D eigenvalue weighted by molar-refractivity contribution is 6.67. The summed E-state index contributed by atoms with van der Waals surface area (Å²) in [6.45, 7) is 0. The predicted molar refractivity (Wildman–Crippen MR) is 106 cm³/mol. The molecule has 0 spiro atoms. The second kappa shape index (κ2) is 7.12. The molecule has 7 heteroatoms. The summed E-state index contributed by atoms with van der Waals surface area (Å²) in [5, 5.41) is 4.71. The van der Waals surface area contributed by atoms with E-state index in [4.69, 9.17) is 34.8 Å². The molecule has 1 heterocycles. The Hall–Kier alpha value is -2.14. The molecule has 0 fully saturated rings. The summed E-state index contributed by atoms with van der Waals surface area (Å²) in [7, 11) is 0. The molecule has 3 aromatic rings. The molecule has 0 radical (unpaired) electrons. The van der Waals surface area contributed by atoms with Crippen molar-refractivity contribution in [1.29, 1.82) is 0 Å². The molecule has 4 rings (SSSR count). The minimum Gasteiger partial charge on any atom is -0.274 e. The first-order chi connectivity index (χ1) is 12.9. The number of aromatic nitrogens is 2. The van der Waals surface area contributed by atoms with Gasteiger partial charge in [0.15, 0.2) is 0 Å². The van der Waals surface area contributed by atoms with Crippen LogP contribution in [0.25, 0.3) is 17.3 Å². The van der Waals surface area contributed by atoms with E-state index in [0.717, 1.165) is 22.4 Å². The van der Waals surface area contributed by atoms with Gasteiger partial charge in [-0.2, -0.15) is 5.10 Å². The summed E-state index contributed by atoms with van der Waals surface area (Å²) in [6, 6.07) is 11.3. The van der Waals surface area contributed by atoms with Gasteiger partial charge in [0.05, 0.1) is 16.4 Å². The molecule has 0 amide bonds. The number of benzene rings is 2. The molecule has 3 nitrogen and oxygen atoms in total. The van der Waals surface area contributed by atoms with E-state index in [2.05, 4.69) is 5.10 Å². The van der Waals surface area contributed by atoms with Gasteiger partial charge in [-0.3, -0.25) is 4.79 Å². The van der Waals surface area contributed by atoms with Crippen LogP contribution < -0.4 is 0 Å². The van der Waals surface area contributed by atoms with E-state index in [9.17, 15) is 9.18 Å². The fraction of sp³-hybridized carbons (Fsp3) is 0.100. The van der Waals surface area contributed by atoms with Crippen LogP contribution in [0.5, 0.6) is 0 Å². The van der Waals surface area contributed by atoms with Crippen molar-refractivity contribution in [3.63, 3.8) is 0 Å². The number of rotatable bonds is 3. The smallest absolute Gasteiger partial charge is 0.273 e. The van der Waals surface area contributed by atoms with E-state index in [1.54, 1.807) is 35.0 Å². The lowest BCUT2D eigenvalue weighted by atomic mass is 10.1. The zero-order valence-corrected chi connectivity index (χ0v) is 16.1. The van der Waals surface area contributed by atoms with Gasteiger partial charge in [0.1, 0.15) is 11.5 Å². The number of hydrogen-bond acceptors (Lipinski definition) is 2. The SMILES string of the molecule is O=C(Cl)c1nn(-c2ccc(Cl)cc2Cl)c2c1CC/C2=C\c1ccc(F)cc1. The minimum absolute atomic E-state index is 0.222. The van der Waals surface area contributed by atoms with Crippen LogP contribution in [0, 0.1) is 5.82 Å². The second-order valence-electron chi connectivity index (χ2n) is 6.18. The van der Waals surface area contributed by atoms with E-state index in [-0.39, 0.29) is 11.5 Å². The Kier molecular flexibility index (Phi) is 4.81. The molecule has 1 aromatic heterocycles. The van der Waals surface area contributed by atoms with Gasteiger partial charge in [-0.05, 0) is 72.0 Å². The van der Waals surface area contributed by atoms with Crippen molar-refractivity contribution in [1.82, 2.24) is 9.78 Å². The van der Waals surface area contributed by atoms with Crippen molar-refractivity contribution in [3.05, 3.63) is 80.8 Å². The van der Waals surface area contributed by atoms with E-state index in [1.165, 1.54) is 12.1 Å². The molecule has 0 atom stereocenters. The molecule has 0 saturated carbocycles. The molecule has 0 unspecified atom stereocenters. The zero-order chi connectivity index (χ0) is 19.1. The van der Waals surface area contributed by atoms with E-state index in [1.807, 2.05) is 6.08 Å². The Morgan fingerprint density at radius 3 is 2.52 bits per heavy atom. The fourth-order valence-corrected chi connectivity index (χ4v) is 3.92. The van der Waals surface area contributed by atoms with Crippen LogP contribution in [0.1, 0.15) is 33.7 Å². The Morgan fingerprint density at radius 2 is 1.85 bits per heavy atom. The molecule has 0 saturated heterocycles. The van der Waals surface area contributed by atoms with Gasteiger partial charge in [-0.15, -0.1) is 0 Å². The average molecular weight is 422 g/mol. The highest BCUT2D eigenvalue weighted by atomic mass is 35.5. The highest BCUT2D eigenvalue weighted by Crippen LogP contribution is 2.39. The van der Waals surface area contributed by atoms with Gasteiger partial charge >= 0.3 is 0 Å². The van der Waals surface area contributed by atoms with Crippen LogP contribution in [-0.4, -0.2) is 15.0 Å². The number of allylic oxidation sites excluding steroid dienone is 1. The lowest BCUT2D eigenvalue weighted by Gasteiger charge is -2.10. The third-order valence-corrected chi connectivity index (χ3v) is 5.18. The fourth-order valence-electron chi connectivity index (χ4n) is 3.28. The molecule has 0 bridgehead atoms.